The third kappa shape index (κ3) is 4.92. The van der Waals surface area contributed by atoms with Crippen molar-refractivity contribution in [2.75, 3.05) is 28.4 Å². The van der Waals surface area contributed by atoms with Crippen LogP contribution in [-0.2, 0) is 38.1 Å². The summed E-state index contributed by atoms with van der Waals surface area (Å²) >= 11 is 0. The van der Waals surface area contributed by atoms with Gasteiger partial charge in [-0.2, -0.15) is 0 Å². The van der Waals surface area contributed by atoms with E-state index in [0.29, 0.717) is 12.2 Å². The van der Waals surface area contributed by atoms with E-state index in [0.717, 1.165) is 28.4 Å². The Balaban J connectivity index is 5.89. The Morgan fingerprint density at radius 3 is 1.10 bits per heavy atom. The van der Waals surface area contributed by atoms with Crippen LogP contribution in [0.4, 0.5) is 0 Å². The summed E-state index contributed by atoms with van der Waals surface area (Å²) in [5.41, 5.74) is -0.979. The first-order chi connectivity index (χ1) is 9.40. The van der Waals surface area contributed by atoms with Crippen LogP contribution < -0.4 is 0 Å². The Hall–Kier alpha value is -2.64. The maximum absolute atomic E-state index is 11.6. The predicted molar refractivity (Wildman–Crippen MR) is 64.2 cm³/mol. The molecular formula is C12H14O8. The number of carbonyl (C=O) groups is 4. The van der Waals surface area contributed by atoms with Crippen molar-refractivity contribution in [1.82, 2.24) is 0 Å². The number of esters is 4. The van der Waals surface area contributed by atoms with Crippen LogP contribution in [0.25, 0.3) is 0 Å². The number of rotatable bonds is 5. The topological polar surface area (TPSA) is 105 Å². The lowest BCUT2D eigenvalue weighted by atomic mass is 10.1. The fraction of sp³-hybridized carbons (Fsp3) is 0.333. The molecule has 0 spiro atoms. The summed E-state index contributed by atoms with van der Waals surface area (Å²) in [6.45, 7) is 0. The van der Waals surface area contributed by atoms with Crippen LogP contribution in [0.3, 0.4) is 0 Å². The SMILES string of the molecule is COC(=O)C=C(C(=O)OC)C(=CC(=O)OC)C(=O)OC. The number of hydrogen-bond donors (Lipinski definition) is 0. The molecule has 110 valence electrons. The lowest BCUT2D eigenvalue weighted by molar-refractivity contribution is -0.140. The zero-order valence-corrected chi connectivity index (χ0v) is 11.4. The van der Waals surface area contributed by atoms with Crippen molar-refractivity contribution in [2.45, 2.75) is 0 Å². The first-order valence-corrected chi connectivity index (χ1v) is 5.17. The van der Waals surface area contributed by atoms with Gasteiger partial charge in [-0.3, -0.25) is 0 Å². The highest BCUT2D eigenvalue weighted by Gasteiger charge is 2.25. The molecule has 0 atom stereocenters. The van der Waals surface area contributed by atoms with E-state index in [9.17, 15) is 19.2 Å². The molecule has 0 aliphatic carbocycles. The van der Waals surface area contributed by atoms with Gasteiger partial charge in [0, 0.05) is 12.2 Å². The fourth-order valence-electron chi connectivity index (χ4n) is 1.07. The highest BCUT2D eigenvalue weighted by atomic mass is 16.5. The monoisotopic (exact) mass is 286 g/mol. The predicted octanol–water partition coefficient (Wildman–Crippen LogP) is -0.469. The summed E-state index contributed by atoms with van der Waals surface area (Å²) in [7, 11) is 4.24. The molecule has 0 aliphatic rings. The third-order valence-electron chi connectivity index (χ3n) is 2.03. The molecular weight excluding hydrogens is 272 g/mol. The zero-order valence-electron chi connectivity index (χ0n) is 11.4. The molecule has 0 heterocycles. The molecule has 8 nitrogen and oxygen atoms in total. The van der Waals surface area contributed by atoms with E-state index < -0.39 is 35.0 Å². The average Bonchev–Trinajstić information content (AvgIpc) is 2.48. The van der Waals surface area contributed by atoms with Crippen LogP contribution in [0.2, 0.25) is 0 Å². The van der Waals surface area contributed by atoms with Gasteiger partial charge in [-0.1, -0.05) is 0 Å². The Morgan fingerprint density at radius 1 is 0.600 bits per heavy atom. The average molecular weight is 286 g/mol. The van der Waals surface area contributed by atoms with Gasteiger partial charge in [-0.15, -0.1) is 0 Å². The van der Waals surface area contributed by atoms with Crippen molar-refractivity contribution in [2.24, 2.45) is 0 Å². The maximum Gasteiger partial charge on any atom is 0.339 e. The molecule has 0 bridgehead atoms. The number of methoxy groups -OCH3 is 4. The molecule has 0 aromatic heterocycles. The summed E-state index contributed by atoms with van der Waals surface area (Å²) in [6, 6.07) is 0. The highest BCUT2D eigenvalue weighted by Crippen LogP contribution is 2.14. The molecule has 0 aromatic rings. The molecule has 0 radical (unpaired) electrons. The smallest absolute Gasteiger partial charge is 0.339 e. The fourth-order valence-corrected chi connectivity index (χ4v) is 1.07. The van der Waals surface area contributed by atoms with Gasteiger partial charge < -0.3 is 18.9 Å². The largest absolute Gasteiger partial charge is 0.466 e. The first-order valence-electron chi connectivity index (χ1n) is 5.17. The minimum Gasteiger partial charge on any atom is -0.466 e. The van der Waals surface area contributed by atoms with E-state index in [1.54, 1.807) is 0 Å². The van der Waals surface area contributed by atoms with Crippen LogP contribution in [-0.4, -0.2) is 52.3 Å². The van der Waals surface area contributed by atoms with Crippen molar-refractivity contribution in [3.05, 3.63) is 23.3 Å². The third-order valence-corrected chi connectivity index (χ3v) is 2.03. The lowest BCUT2D eigenvalue weighted by Crippen LogP contribution is -2.18. The molecule has 8 heteroatoms. The van der Waals surface area contributed by atoms with Crippen molar-refractivity contribution in [3.8, 4) is 0 Å². The molecule has 0 amide bonds. The summed E-state index contributed by atoms with van der Waals surface area (Å²) in [5, 5.41) is 0. The van der Waals surface area contributed by atoms with Gasteiger partial charge >= 0.3 is 23.9 Å². The van der Waals surface area contributed by atoms with Crippen molar-refractivity contribution >= 4 is 23.9 Å². The molecule has 0 saturated heterocycles. The molecule has 0 aromatic carbocycles. The summed E-state index contributed by atoms with van der Waals surface area (Å²) < 4.78 is 17.6. The van der Waals surface area contributed by atoms with Crippen LogP contribution in [0.15, 0.2) is 23.3 Å². The minimum atomic E-state index is -1.02. The zero-order chi connectivity index (χ0) is 15.7. The van der Waals surface area contributed by atoms with E-state index >= 15 is 0 Å². The summed E-state index contributed by atoms with van der Waals surface area (Å²) in [5.74, 6) is -3.86. The van der Waals surface area contributed by atoms with E-state index in [-0.39, 0.29) is 0 Å². The minimum absolute atomic E-state index is 0.489. The molecule has 0 N–H and O–H groups in total. The number of hydrogen-bond acceptors (Lipinski definition) is 8. The standard InChI is InChI=1S/C12H14O8/c1-17-9(13)5-7(11(15)19-3)8(12(16)20-4)6-10(14)18-2/h5-6H,1-4H3. The van der Waals surface area contributed by atoms with Gasteiger partial charge in [0.15, 0.2) is 0 Å². The molecule has 20 heavy (non-hydrogen) atoms. The van der Waals surface area contributed by atoms with Crippen LogP contribution in [0.1, 0.15) is 0 Å². The molecule has 0 saturated carbocycles. The molecule has 0 unspecified atom stereocenters. The first kappa shape index (κ1) is 17.4. The van der Waals surface area contributed by atoms with Crippen LogP contribution in [0.5, 0.6) is 0 Å². The van der Waals surface area contributed by atoms with Gasteiger partial charge in [-0.25, -0.2) is 19.2 Å². The van der Waals surface area contributed by atoms with Crippen LogP contribution in [0, 0.1) is 0 Å². The van der Waals surface area contributed by atoms with Gasteiger partial charge in [0.2, 0.25) is 0 Å². The normalized spacial score (nSPS) is 11.4. The Morgan fingerprint density at radius 2 is 0.900 bits per heavy atom. The second-order valence-corrected chi connectivity index (χ2v) is 3.15. The summed E-state index contributed by atoms with van der Waals surface area (Å²) in [4.78, 5) is 45.6. The Bertz CT molecular complexity index is 428. The molecule has 0 rings (SSSR count). The number of carbonyl (C=O) groups excluding carboxylic acids is 4. The quantitative estimate of drug-likeness (QED) is 0.289. The lowest BCUT2D eigenvalue weighted by Gasteiger charge is -2.08. The van der Waals surface area contributed by atoms with Crippen molar-refractivity contribution < 1.29 is 38.1 Å². The van der Waals surface area contributed by atoms with Gasteiger partial charge in [0.05, 0.1) is 39.6 Å². The van der Waals surface area contributed by atoms with Crippen molar-refractivity contribution in [3.63, 3.8) is 0 Å². The van der Waals surface area contributed by atoms with E-state index in [1.165, 1.54) is 0 Å². The second-order valence-electron chi connectivity index (χ2n) is 3.15. The van der Waals surface area contributed by atoms with E-state index in [2.05, 4.69) is 18.9 Å². The highest BCUT2D eigenvalue weighted by molar-refractivity contribution is 6.12. The maximum atomic E-state index is 11.6. The molecule has 0 aliphatic heterocycles. The van der Waals surface area contributed by atoms with Gasteiger partial charge in [0.25, 0.3) is 0 Å². The van der Waals surface area contributed by atoms with Gasteiger partial charge in [0.1, 0.15) is 0 Å². The summed E-state index contributed by atoms with van der Waals surface area (Å²) in [6.07, 6.45) is 1.41. The molecule has 0 fully saturated rings. The van der Waals surface area contributed by atoms with Gasteiger partial charge in [-0.05, 0) is 0 Å². The van der Waals surface area contributed by atoms with E-state index in [4.69, 9.17) is 0 Å². The second kappa shape index (κ2) is 8.46. The Labute approximate surface area is 114 Å². The number of ether oxygens (including phenoxy) is 4. The van der Waals surface area contributed by atoms with Crippen molar-refractivity contribution in [1.29, 1.82) is 0 Å². The van der Waals surface area contributed by atoms with Crippen LogP contribution >= 0.6 is 0 Å². The van der Waals surface area contributed by atoms with E-state index in [1.807, 2.05) is 0 Å². The Kier molecular flexibility index (Phi) is 7.34.